The summed E-state index contributed by atoms with van der Waals surface area (Å²) < 4.78 is 31.9. The van der Waals surface area contributed by atoms with Gasteiger partial charge in [0.05, 0.1) is 4.90 Å². The van der Waals surface area contributed by atoms with Crippen LogP contribution in [0, 0.1) is 6.92 Å². The molecule has 2 aromatic rings. The third kappa shape index (κ3) is 3.49. The summed E-state index contributed by atoms with van der Waals surface area (Å²) in [5.74, 6) is 0.524. The summed E-state index contributed by atoms with van der Waals surface area (Å²) in [6.07, 6.45) is 0. The molecule has 1 aromatic heterocycles. The standard InChI is InChI=1S/C10H10N3O3S.Na/c1-7-6-10(12-16-7)13-17(14,15)9-4-2-8(11)3-5-9;/h2-6H,11H2,1H3;/q-1;+1. The molecule has 0 aliphatic rings. The van der Waals surface area contributed by atoms with Gasteiger partial charge in [0.15, 0.2) is 0 Å². The Balaban J connectivity index is 0.00000162. The largest absolute Gasteiger partial charge is 1.00 e. The molecule has 18 heavy (non-hydrogen) atoms. The molecule has 0 radical (unpaired) electrons. The van der Waals surface area contributed by atoms with Crippen LogP contribution in [0.2, 0.25) is 0 Å². The van der Waals surface area contributed by atoms with Crippen LogP contribution in [0.25, 0.3) is 4.72 Å². The van der Waals surface area contributed by atoms with Crippen molar-refractivity contribution in [3.05, 3.63) is 40.8 Å². The first-order valence-corrected chi connectivity index (χ1v) is 6.18. The third-order valence-electron chi connectivity index (χ3n) is 2.01. The molecule has 2 rings (SSSR count). The van der Waals surface area contributed by atoms with Gasteiger partial charge >= 0.3 is 29.6 Å². The average Bonchev–Trinajstić information content (AvgIpc) is 2.63. The topological polar surface area (TPSA) is 100 Å². The molecule has 0 unspecified atom stereocenters. The molecule has 8 heteroatoms. The zero-order valence-electron chi connectivity index (χ0n) is 9.99. The Bertz CT molecular complexity index is 622. The number of benzene rings is 1. The van der Waals surface area contributed by atoms with Crippen molar-refractivity contribution in [2.75, 3.05) is 5.73 Å². The first-order valence-electron chi connectivity index (χ1n) is 4.74. The number of nitrogens with zero attached hydrogens (tertiary/aromatic N) is 2. The summed E-state index contributed by atoms with van der Waals surface area (Å²) in [5, 5.41) is 3.50. The normalized spacial score (nSPS) is 10.7. The van der Waals surface area contributed by atoms with Crippen LogP contribution in [0.1, 0.15) is 5.76 Å². The van der Waals surface area contributed by atoms with Gasteiger partial charge in [-0.2, -0.15) is 0 Å². The van der Waals surface area contributed by atoms with Gasteiger partial charge in [-0.25, -0.2) is 8.42 Å². The van der Waals surface area contributed by atoms with E-state index < -0.39 is 10.0 Å². The predicted octanol–water partition coefficient (Wildman–Crippen LogP) is -1.04. The Morgan fingerprint density at radius 2 is 1.89 bits per heavy atom. The van der Waals surface area contributed by atoms with Gasteiger partial charge in [-0.1, -0.05) is 0 Å². The van der Waals surface area contributed by atoms with Gasteiger partial charge < -0.3 is 15.0 Å². The van der Waals surface area contributed by atoms with Crippen molar-refractivity contribution in [2.45, 2.75) is 11.8 Å². The number of hydrogen-bond donors (Lipinski definition) is 1. The molecule has 1 aromatic carbocycles. The molecule has 1 heterocycles. The monoisotopic (exact) mass is 275 g/mol. The Labute approximate surface area is 127 Å². The summed E-state index contributed by atoms with van der Waals surface area (Å²) in [4.78, 5) is 0.0624. The summed E-state index contributed by atoms with van der Waals surface area (Å²) in [6, 6.07) is 7.21. The second-order valence-electron chi connectivity index (χ2n) is 3.43. The van der Waals surface area contributed by atoms with E-state index in [1.165, 1.54) is 30.3 Å². The van der Waals surface area contributed by atoms with Crippen LogP contribution in [0.5, 0.6) is 0 Å². The van der Waals surface area contributed by atoms with Gasteiger partial charge in [-0.3, -0.25) is 5.16 Å². The molecule has 0 aliphatic carbocycles. The van der Waals surface area contributed by atoms with E-state index in [1.807, 2.05) is 0 Å². The van der Waals surface area contributed by atoms with Gasteiger partial charge in [0, 0.05) is 5.69 Å². The molecule has 0 saturated carbocycles. The van der Waals surface area contributed by atoms with Crippen molar-refractivity contribution in [1.82, 2.24) is 5.16 Å². The second-order valence-corrected chi connectivity index (χ2v) is 5.04. The van der Waals surface area contributed by atoms with E-state index in [1.54, 1.807) is 6.92 Å². The first kappa shape index (κ1) is 15.0. The molecule has 0 fully saturated rings. The third-order valence-corrected chi connectivity index (χ3v) is 3.30. The van der Waals surface area contributed by atoms with Gasteiger partial charge in [-0.15, -0.1) is 0 Å². The van der Waals surface area contributed by atoms with Crippen molar-refractivity contribution >= 4 is 21.5 Å². The summed E-state index contributed by atoms with van der Waals surface area (Å²) in [7, 11) is -3.77. The minimum absolute atomic E-state index is 0. The van der Waals surface area contributed by atoms with E-state index in [0.717, 1.165) is 0 Å². The zero-order valence-corrected chi connectivity index (χ0v) is 12.8. The van der Waals surface area contributed by atoms with E-state index in [9.17, 15) is 8.42 Å². The summed E-state index contributed by atoms with van der Waals surface area (Å²) in [5.41, 5.74) is 5.96. The van der Waals surface area contributed by atoms with Crippen LogP contribution in [0.4, 0.5) is 11.5 Å². The minimum Gasteiger partial charge on any atom is -0.460 e. The van der Waals surface area contributed by atoms with Crippen molar-refractivity contribution < 1.29 is 42.5 Å². The maximum absolute atomic E-state index is 11.8. The molecule has 0 saturated heterocycles. The number of nitrogens with two attached hydrogens (primary N) is 1. The number of nitrogen functional groups attached to an aromatic ring is 1. The molecular weight excluding hydrogens is 265 g/mol. The predicted molar refractivity (Wildman–Crippen MR) is 62.3 cm³/mol. The average molecular weight is 275 g/mol. The molecule has 0 bridgehead atoms. The number of sulfonamides is 1. The van der Waals surface area contributed by atoms with Crippen molar-refractivity contribution in [2.24, 2.45) is 0 Å². The Morgan fingerprint density at radius 3 is 2.39 bits per heavy atom. The molecule has 0 amide bonds. The van der Waals surface area contributed by atoms with Crippen molar-refractivity contribution in [3.63, 3.8) is 0 Å². The minimum atomic E-state index is -3.77. The number of rotatable bonds is 3. The van der Waals surface area contributed by atoms with Crippen LogP contribution in [-0.4, -0.2) is 13.6 Å². The summed E-state index contributed by atoms with van der Waals surface area (Å²) in [6.45, 7) is 1.65. The smallest absolute Gasteiger partial charge is 0.460 e. The van der Waals surface area contributed by atoms with E-state index in [-0.39, 0.29) is 40.3 Å². The van der Waals surface area contributed by atoms with Crippen molar-refractivity contribution in [1.29, 1.82) is 0 Å². The fourth-order valence-electron chi connectivity index (χ4n) is 1.21. The van der Waals surface area contributed by atoms with Crippen LogP contribution in [0.15, 0.2) is 39.8 Å². The molecular formula is C10H10N3NaO3S. The Kier molecular flexibility index (Phi) is 4.80. The molecule has 90 valence electrons. The first-order chi connectivity index (χ1) is 7.97. The Morgan fingerprint density at radius 1 is 1.28 bits per heavy atom. The van der Waals surface area contributed by atoms with Gasteiger partial charge in [0.2, 0.25) is 10.0 Å². The quantitative estimate of drug-likeness (QED) is 0.570. The molecule has 0 aliphatic heterocycles. The van der Waals surface area contributed by atoms with Crippen molar-refractivity contribution in [3.8, 4) is 0 Å². The van der Waals surface area contributed by atoms with E-state index in [0.29, 0.717) is 11.4 Å². The summed E-state index contributed by atoms with van der Waals surface area (Å²) >= 11 is 0. The Hall–Kier alpha value is -1.02. The molecule has 6 nitrogen and oxygen atoms in total. The van der Waals surface area contributed by atoms with E-state index >= 15 is 0 Å². The number of anilines is 1. The fraction of sp³-hybridized carbons (Fsp3) is 0.100. The fourth-order valence-corrected chi connectivity index (χ4v) is 2.13. The number of hydrogen-bond acceptors (Lipinski definition) is 5. The maximum atomic E-state index is 11.8. The van der Waals surface area contributed by atoms with Crippen LogP contribution in [-0.2, 0) is 10.0 Å². The van der Waals surface area contributed by atoms with Crippen LogP contribution < -0.4 is 35.3 Å². The number of aromatic nitrogens is 1. The molecule has 2 N–H and O–H groups in total. The number of aryl methyl sites for hydroxylation is 1. The molecule has 0 spiro atoms. The van der Waals surface area contributed by atoms with Gasteiger partial charge in [0.1, 0.15) is 5.76 Å². The maximum Gasteiger partial charge on any atom is 1.00 e. The van der Waals surface area contributed by atoms with Gasteiger partial charge in [-0.05, 0) is 43.1 Å². The second kappa shape index (κ2) is 5.75. The van der Waals surface area contributed by atoms with Gasteiger partial charge in [0.25, 0.3) is 0 Å². The van der Waals surface area contributed by atoms with E-state index in [2.05, 4.69) is 9.88 Å². The molecule has 0 atom stereocenters. The van der Waals surface area contributed by atoms with Crippen LogP contribution in [0.3, 0.4) is 0 Å². The van der Waals surface area contributed by atoms with Crippen LogP contribution >= 0.6 is 0 Å². The van der Waals surface area contributed by atoms with E-state index in [4.69, 9.17) is 10.3 Å². The zero-order chi connectivity index (χ0) is 12.5. The SMILES string of the molecule is Cc1cc([N-]S(=O)(=O)c2ccc(N)cc2)no1.[Na+].